The molecular weight excluding hydrogens is 563 g/mol. The summed E-state index contributed by atoms with van der Waals surface area (Å²) < 4.78 is 58.0. The van der Waals surface area contributed by atoms with E-state index >= 15 is 0 Å². The van der Waals surface area contributed by atoms with Crippen LogP contribution in [-0.2, 0) is 22.9 Å². The lowest BCUT2D eigenvalue weighted by Gasteiger charge is -2.27. The molecule has 1 N–H and O–H groups in total. The van der Waals surface area contributed by atoms with Crippen LogP contribution in [0.5, 0.6) is 17.2 Å². The number of halogens is 3. The molecule has 0 radical (unpaired) electrons. The number of rotatable bonds is 12. The molecule has 0 bridgehead atoms. The van der Waals surface area contributed by atoms with Gasteiger partial charge in [-0.1, -0.05) is 45.2 Å². The molecule has 3 heterocycles. The highest BCUT2D eigenvalue weighted by Crippen LogP contribution is 2.40. The zero-order chi connectivity index (χ0) is 30.6. The Labute approximate surface area is 248 Å². The van der Waals surface area contributed by atoms with Crippen molar-refractivity contribution in [2.75, 3.05) is 26.4 Å². The maximum atomic E-state index is 13.6. The Bertz CT molecular complexity index is 1500. The van der Waals surface area contributed by atoms with Crippen molar-refractivity contribution < 1.29 is 37.0 Å². The molecule has 2 aliphatic heterocycles. The molecule has 1 unspecified atom stereocenters. The molecule has 43 heavy (non-hydrogen) atoms. The van der Waals surface area contributed by atoms with E-state index in [1.807, 2.05) is 13.8 Å². The van der Waals surface area contributed by atoms with Crippen LogP contribution < -0.4 is 19.5 Å². The quantitative estimate of drug-likeness (QED) is 0.183. The number of unbranched alkanes of at least 4 members (excludes halogenated alkanes) is 3. The molecule has 0 aliphatic carbocycles. The van der Waals surface area contributed by atoms with Gasteiger partial charge in [0.05, 0.1) is 17.7 Å². The molecule has 11 heteroatoms. The number of carbonyl (C=O) groups excluding carboxylic acids is 2. The van der Waals surface area contributed by atoms with E-state index in [9.17, 15) is 22.8 Å². The number of hydrogen-bond acceptors (Lipinski definition) is 6. The third-order valence-electron chi connectivity index (χ3n) is 8.01. The second-order valence-electron chi connectivity index (χ2n) is 10.8. The number of alkyl halides is 3. The average molecular weight is 600 g/mol. The van der Waals surface area contributed by atoms with Gasteiger partial charge in [0, 0.05) is 23.7 Å². The Morgan fingerprint density at radius 3 is 2.53 bits per heavy atom. The number of pyridine rings is 1. The summed E-state index contributed by atoms with van der Waals surface area (Å²) in [4.78, 5) is 31.8. The van der Waals surface area contributed by atoms with Crippen molar-refractivity contribution in [2.45, 2.75) is 70.5 Å². The molecule has 3 amide bonds. The molecule has 2 aromatic carbocycles. The molecule has 2 aliphatic rings. The Morgan fingerprint density at radius 1 is 1.02 bits per heavy atom. The number of amides is 3. The fraction of sp³-hybridized carbons (Fsp3) is 0.469. The first-order valence-corrected chi connectivity index (χ1v) is 14.8. The van der Waals surface area contributed by atoms with Crippen LogP contribution in [0.1, 0.15) is 69.1 Å². The molecule has 1 aromatic heterocycles. The number of imide groups is 1. The number of nitrogens with zero attached hydrogens (tertiary/aromatic N) is 2. The van der Waals surface area contributed by atoms with Gasteiger partial charge < -0.3 is 19.5 Å². The minimum absolute atomic E-state index is 0.113. The number of carbonyl (C=O) groups is 2. The van der Waals surface area contributed by atoms with E-state index in [-0.39, 0.29) is 18.0 Å². The van der Waals surface area contributed by atoms with E-state index in [4.69, 9.17) is 14.2 Å². The van der Waals surface area contributed by atoms with Crippen molar-refractivity contribution in [2.24, 2.45) is 0 Å². The summed E-state index contributed by atoms with van der Waals surface area (Å²) in [6.45, 7) is 5.36. The van der Waals surface area contributed by atoms with Gasteiger partial charge in [-0.2, -0.15) is 13.2 Å². The largest absolute Gasteiger partial charge is 0.493 e. The van der Waals surface area contributed by atoms with Crippen LogP contribution in [-0.4, -0.2) is 48.2 Å². The Hall–Kier alpha value is -4.02. The van der Waals surface area contributed by atoms with E-state index in [1.165, 1.54) is 17.2 Å². The molecule has 3 aromatic rings. The number of aromatic nitrogens is 1. The van der Waals surface area contributed by atoms with Gasteiger partial charge in [-0.3, -0.25) is 14.7 Å². The first-order chi connectivity index (χ1) is 20.7. The summed E-state index contributed by atoms with van der Waals surface area (Å²) in [5, 5.41) is 3.27. The monoisotopic (exact) mass is 599 g/mol. The number of aryl methyl sites for hydroxylation is 1. The molecule has 0 spiro atoms. The normalized spacial score (nSPS) is 18.3. The van der Waals surface area contributed by atoms with Crippen LogP contribution in [0.25, 0.3) is 10.9 Å². The second-order valence-corrected chi connectivity index (χ2v) is 10.8. The molecular formula is C32H36F3N3O5. The van der Waals surface area contributed by atoms with E-state index in [2.05, 4.69) is 10.3 Å². The van der Waals surface area contributed by atoms with Gasteiger partial charge in [0.1, 0.15) is 24.5 Å². The van der Waals surface area contributed by atoms with Crippen molar-refractivity contribution in [3.8, 4) is 17.2 Å². The molecule has 230 valence electrons. The standard InChI is InChI=1S/C32H36F3N3O5/c1-3-10-21-20-36-27-23(11-9-12-24(27)32(33,34)35)28(21)43-16-8-6-5-7-15-38-29(39)31(4-2,37-30(38)40)22-13-14-25-26(19-22)42-18-17-41-25/h9,11-14,19-20H,3-8,10,15-18H2,1-2H3,(H,37,40). The minimum atomic E-state index is -4.51. The van der Waals surface area contributed by atoms with Crippen LogP contribution in [0.4, 0.5) is 18.0 Å². The summed E-state index contributed by atoms with van der Waals surface area (Å²) in [5.41, 5.74) is -0.607. The van der Waals surface area contributed by atoms with Crippen molar-refractivity contribution in [3.63, 3.8) is 0 Å². The van der Waals surface area contributed by atoms with Crippen molar-refractivity contribution >= 4 is 22.8 Å². The van der Waals surface area contributed by atoms with E-state index in [1.54, 1.807) is 24.3 Å². The lowest BCUT2D eigenvalue weighted by Crippen LogP contribution is -2.43. The topological polar surface area (TPSA) is 90.0 Å². The van der Waals surface area contributed by atoms with Gasteiger partial charge in [-0.05, 0) is 55.5 Å². The number of benzene rings is 2. The number of ether oxygens (including phenoxy) is 3. The summed E-state index contributed by atoms with van der Waals surface area (Å²) in [5.74, 6) is 1.34. The fourth-order valence-corrected chi connectivity index (χ4v) is 5.76. The lowest BCUT2D eigenvalue weighted by atomic mass is 9.87. The maximum Gasteiger partial charge on any atom is 0.418 e. The van der Waals surface area contributed by atoms with Crippen molar-refractivity contribution in [1.29, 1.82) is 0 Å². The fourth-order valence-electron chi connectivity index (χ4n) is 5.76. The maximum absolute atomic E-state index is 13.6. The van der Waals surface area contributed by atoms with Gasteiger partial charge in [0.25, 0.3) is 5.91 Å². The highest BCUT2D eigenvalue weighted by Gasteiger charge is 2.51. The van der Waals surface area contributed by atoms with Crippen LogP contribution in [0.2, 0.25) is 0 Å². The molecule has 5 rings (SSSR count). The molecule has 8 nitrogen and oxygen atoms in total. The first-order valence-electron chi connectivity index (χ1n) is 14.8. The third-order valence-corrected chi connectivity index (χ3v) is 8.01. The van der Waals surface area contributed by atoms with Crippen LogP contribution in [0.3, 0.4) is 0 Å². The number of fused-ring (bicyclic) bond motifs is 2. The van der Waals surface area contributed by atoms with E-state index < -0.39 is 23.3 Å². The van der Waals surface area contributed by atoms with Crippen molar-refractivity contribution in [3.05, 3.63) is 59.3 Å². The number of hydrogen-bond donors (Lipinski definition) is 1. The number of para-hydroxylation sites is 1. The third kappa shape index (κ3) is 6.07. The predicted octanol–water partition coefficient (Wildman–Crippen LogP) is 6.77. The average Bonchev–Trinajstić information content (AvgIpc) is 3.25. The van der Waals surface area contributed by atoms with Gasteiger partial charge in [0.15, 0.2) is 11.5 Å². The highest BCUT2D eigenvalue weighted by molar-refractivity contribution is 6.07. The molecule has 0 saturated carbocycles. The second kappa shape index (κ2) is 12.7. The van der Waals surface area contributed by atoms with Crippen LogP contribution in [0.15, 0.2) is 42.6 Å². The SMILES string of the molecule is CCCc1cnc2c(C(F)(F)F)cccc2c1OCCCCCCN1C(=O)NC(CC)(c2ccc3c(c2)OCCO3)C1=O. The summed E-state index contributed by atoms with van der Waals surface area (Å²) in [7, 11) is 0. The van der Waals surface area contributed by atoms with E-state index in [0.29, 0.717) is 73.7 Å². The zero-order valence-corrected chi connectivity index (χ0v) is 24.4. The molecule has 1 atom stereocenters. The number of urea groups is 1. The summed E-state index contributed by atoms with van der Waals surface area (Å²) in [6.07, 6.45) is 1.62. The highest BCUT2D eigenvalue weighted by atomic mass is 19.4. The number of nitrogens with one attached hydrogen (secondary N) is 1. The Kier molecular flexibility index (Phi) is 8.98. The van der Waals surface area contributed by atoms with Gasteiger partial charge in [0.2, 0.25) is 0 Å². The van der Waals surface area contributed by atoms with Gasteiger partial charge in [-0.15, -0.1) is 0 Å². The Morgan fingerprint density at radius 2 is 1.79 bits per heavy atom. The summed E-state index contributed by atoms with van der Waals surface area (Å²) in [6, 6.07) is 8.93. The first kappa shape index (κ1) is 30.4. The smallest absolute Gasteiger partial charge is 0.418 e. The predicted molar refractivity (Wildman–Crippen MR) is 154 cm³/mol. The van der Waals surface area contributed by atoms with E-state index in [0.717, 1.165) is 30.9 Å². The summed E-state index contributed by atoms with van der Waals surface area (Å²) >= 11 is 0. The minimum Gasteiger partial charge on any atom is -0.493 e. The van der Waals surface area contributed by atoms with Crippen molar-refractivity contribution in [1.82, 2.24) is 15.2 Å². The van der Waals surface area contributed by atoms with Crippen LogP contribution in [0, 0.1) is 0 Å². The lowest BCUT2D eigenvalue weighted by molar-refractivity contribution is -0.136. The molecule has 1 fully saturated rings. The Balaban J connectivity index is 1.16. The van der Waals surface area contributed by atoms with Gasteiger partial charge in [-0.25, -0.2) is 4.79 Å². The molecule has 1 saturated heterocycles. The van der Waals surface area contributed by atoms with Gasteiger partial charge >= 0.3 is 12.2 Å². The zero-order valence-electron chi connectivity index (χ0n) is 24.4. The van der Waals surface area contributed by atoms with Crippen LogP contribution >= 0.6 is 0 Å².